The zero-order valence-electron chi connectivity index (χ0n) is 16.8. The van der Waals surface area contributed by atoms with Crippen LogP contribution in [0.15, 0.2) is 54.7 Å². The van der Waals surface area contributed by atoms with E-state index in [0.717, 1.165) is 5.69 Å². The molecule has 0 radical (unpaired) electrons. The Morgan fingerprint density at radius 3 is 2.48 bits per heavy atom. The van der Waals surface area contributed by atoms with Gasteiger partial charge in [-0.05, 0) is 24.3 Å². The van der Waals surface area contributed by atoms with Gasteiger partial charge in [-0.25, -0.2) is 4.68 Å². The third kappa shape index (κ3) is 4.17. The van der Waals surface area contributed by atoms with Gasteiger partial charge in [0.2, 0.25) is 0 Å². The number of piperazine rings is 1. The fourth-order valence-corrected chi connectivity index (χ4v) is 3.75. The first kappa shape index (κ1) is 20.7. The Balaban J connectivity index is 1.51. The van der Waals surface area contributed by atoms with E-state index < -0.39 is 4.92 Å². The third-order valence-corrected chi connectivity index (χ3v) is 5.40. The number of rotatable bonds is 5. The van der Waals surface area contributed by atoms with Crippen LogP contribution in [0.1, 0.15) is 10.5 Å². The van der Waals surface area contributed by atoms with Crippen molar-refractivity contribution in [1.82, 2.24) is 14.7 Å². The molecule has 1 aliphatic rings. The summed E-state index contributed by atoms with van der Waals surface area (Å²) in [5, 5.41) is 16.1. The highest BCUT2D eigenvalue weighted by molar-refractivity contribution is 6.30. The highest BCUT2D eigenvalue weighted by atomic mass is 35.5. The summed E-state index contributed by atoms with van der Waals surface area (Å²) in [6.07, 6.45) is 1.68. The first-order valence-electron chi connectivity index (χ1n) is 9.65. The Hall–Kier alpha value is -3.59. The third-order valence-electron chi connectivity index (χ3n) is 5.17. The van der Waals surface area contributed by atoms with Crippen LogP contribution in [0.4, 0.5) is 11.4 Å². The second kappa shape index (κ2) is 8.65. The molecule has 0 aliphatic carbocycles. The van der Waals surface area contributed by atoms with Crippen LogP contribution in [-0.4, -0.2) is 58.8 Å². The highest BCUT2D eigenvalue weighted by Crippen LogP contribution is 2.32. The van der Waals surface area contributed by atoms with Gasteiger partial charge < -0.3 is 14.5 Å². The largest absolute Gasteiger partial charge is 0.493 e. The fourth-order valence-electron chi connectivity index (χ4n) is 3.58. The zero-order valence-corrected chi connectivity index (χ0v) is 17.5. The molecule has 0 N–H and O–H groups in total. The number of nitro benzene ring substituents is 1. The summed E-state index contributed by atoms with van der Waals surface area (Å²) >= 11 is 5.91. The molecule has 1 aliphatic heterocycles. The average Bonchev–Trinajstić information content (AvgIpc) is 3.24. The molecule has 0 atom stereocenters. The van der Waals surface area contributed by atoms with Gasteiger partial charge in [0.25, 0.3) is 11.6 Å². The molecule has 1 amide bonds. The van der Waals surface area contributed by atoms with E-state index in [0.29, 0.717) is 42.6 Å². The summed E-state index contributed by atoms with van der Waals surface area (Å²) in [6, 6.07) is 14.1. The topological polar surface area (TPSA) is 93.7 Å². The number of nitrogens with zero attached hydrogens (tertiary/aromatic N) is 5. The van der Waals surface area contributed by atoms with Gasteiger partial charge in [-0.15, -0.1) is 0 Å². The van der Waals surface area contributed by atoms with Gasteiger partial charge in [-0.3, -0.25) is 14.9 Å². The summed E-state index contributed by atoms with van der Waals surface area (Å²) in [4.78, 5) is 27.6. The molecule has 2 aromatic carbocycles. The number of carbonyl (C=O) groups is 1. The number of nitro groups is 1. The first-order valence-corrected chi connectivity index (χ1v) is 10.0. The van der Waals surface area contributed by atoms with E-state index >= 15 is 0 Å². The molecule has 1 saturated heterocycles. The Kier molecular flexibility index (Phi) is 5.77. The summed E-state index contributed by atoms with van der Waals surface area (Å²) in [7, 11) is 1.50. The van der Waals surface area contributed by atoms with Gasteiger partial charge in [0.05, 0.1) is 23.9 Å². The minimum absolute atomic E-state index is 0.0458. The Bertz CT molecular complexity index is 1110. The molecule has 4 rings (SSSR count). The number of methoxy groups -OCH3 is 1. The van der Waals surface area contributed by atoms with Crippen molar-refractivity contribution >= 4 is 28.9 Å². The van der Waals surface area contributed by atoms with Crippen LogP contribution in [0.5, 0.6) is 5.75 Å². The number of para-hydroxylation sites is 1. The first-order chi connectivity index (χ1) is 15.0. The minimum Gasteiger partial charge on any atom is -0.493 e. The van der Waals surface area contributed by atoms with Gasteiger partial charge in [0.15, 0.2) is 11.4 Å². The van der Waals surface area contributed by atoms with Crippen LogP contribution in [-0.2, 0) is 0 Å². The van der Waals surface area contributed by atoms with Gasteiger partial charge in [-0.1, -0.05) is 29.8 Å². The van der Waals surface area contributed by atoms with E-state index in [4.69, 9.17) is 16.3 Å². The lowest BCUT2D eigenvalue weighted by molar-refractivity contribution is -0.384. The Morgan fingerprint density at radius 1 is 1.13 bits per heavy atom. The highest BCUT2D eigenvalue weighted by Gasteiger charge is 2.29. The summed E-state index contributed by atoms with van der Waals surface area (Å²) < 4.78 is 6.98. The van der Waals surface area contributed by atoms with E-state index in [2.05, 4.69) is 5.10 Å². The van der Waals surface area contributed by atoms with Crippen molar-refractivity contribution < 1.29 is 14.5 Å². The van der Waals surface area contributed by atoms with Crippen molar-refractivity contribution in [2.24, 2.45) is 0 Å². The SMILES string of the molecule is COc1cn(-c2ccccc2)nc1C(=O)N1CCN(c2ccc(Cl)cc2[N+](=O)[O-])CC1. The zero-order chi connectivity index (χ0) is 22.0. The lowest BCUT2D eigenvalue weighted by atomic mass is 10.2. The standard InChI is InChI=1S/C21H20ClN5O4/c1-31-19-14-26(16-5-3-2-4-6-16)23-20(19)21(28)25-11-9-24(10-12-25)17-8-7-15(22)13-18(17)27(29)30/h2-8,13-14H,9-12H2,1H3. The number of ether oxygens (including phenoxy) is 1. The number of carbonyl (C=O) groups excluding carboxylic acids is 1. The van der Waals surface area contributed by atoms with E-state index in [1.807, 2.05) is 35.2 Å². The van der Waals surface area contributed by atoms with Crippen molar-refractivity contribution in [3.8, 4) is 11.4 Å². The molecule has 31 heavy (non-hydrogen) atoms. The minimum atomic E-state index is -0.445. The van der Waals surface area contributed by atoms with Gasteiger partial charge in [0, 0.05) is 37.3 Å². The van der Waals surface area contributed by atoms with Crippen molar-refractivity contribution in [2.45, 2.75) is 0 Å². The maximum absolute atomic E-state index is 13.1. The van der Waals surface area contributed by atoms with E-state index in [9.17, 15) is 14.9 Å². The van der Waals surface area contributed by atoms with Crippen LogP contribution in [0.25, 0.3) is 5.69 Å². The molecular formula is C21H20ClN5O4. The predicted molar refractivity (Wildman–Crippen MR) is 116 cm³/mol. The van der Waals surface area contributed by atoms with Crippen LogP contribution >= 0.6 is 11.6 Å². The molecule has 9 nitrogen and oxygen atoms in total. The van der Waals surface area contributed by atoms with Crippen LogP contribution in [0, 0.1) is 10.1 Å². The van der Waals surface area contributed by atoms with E-state index in [1.165, 1.54) is 13.2 Å². The molecule has 1 aromatic heterocycles. The van der Waals surface area contributed by atoms with E-state index in [1.54, 1.807) is 27.9 Å². The molecule has 10 heteroatoms. The van der Waals surface area contributed by atoms with Gasteiger partial charge in [0.1, 0.15) is 5.69 Å². The molecule has 0 spiro atoms. The van der Waals surface area contributed by atoms with Crippen LogP contribution < -0.4 is 9.64 Å². The Labute approximate surface area is 183 Å². The Morgan fingerprint density at radius 2 is 1.84 bits per heavy atom. The average molecular weight is 442 g/mol. The maximum atomic E-state index is 13.1. The molecule has 0 saturated carbocycles. The monoisotopic (exact) mass is 441 g/mol. The lowest BCUT2D eigenvalue weighted by Gasteiger charge is -2.35. The lowest BCUT2D eigenvalue weighted by Crippen LogP contribution is -2.49. The number of hydrogen-bond donors (Lipinski definition) is 0. The van der Waals surface area contributed by atoms with Gasteiger partial charge >= 0.3 is 0 Å². The quantitative estimate of drug-likeness (QED) is 0.445. The normalized spacial score (nSPS) is 13.9. The van der Waals surface area contributed by atoms with Crippen molar-refractivity contribution in [3.63, 3.8) is 0 Å². The smallest absolute Gasteiger partial charge is 0.294 e. The van der Waals surface area contributed by atoms with E-state index in [-0.39, 0.29) is 17.3 Å². The molecule has 1 fully saturated rings. The maximum Gasteiger partial charge on any atom is 0.294 e. The molecular weight excluding hydrogens is 422 g/mol. The van der Waals surface area contributed by atoms with Crippen LogP contribution in [0.2, 0.25) is 5.02 Å². The molecule has 2 heterocycles. The fraction of sp³-hybridized carbons (Fsp3) is 0.238. The number of halogens is 1. The molecule has 0 bridgehead atoms. The molecule has 160 valence electrons. The number of aromatic nitrogens is 2. The predicted octanol–water partition coefficient (Wildman–Crippen LogP) is 3.40. The molecule has 0 unspecified atom stereocenters. The number of benzene rings is 2. The second-order valence-corrected chi connectivity index (χ2v) is 7.43. The summed E-state index contributed by atoms with van der Waals surface area (Å²) in [5.74, 6) is 0.154. The van der Waals surface area contributed by atoms with Gasteiger partial charge in [-0.2, -0.15) is 5.10 Å². The number of anilines is 1. The number of amides is 1. The van der Waals surface area contributed by atoms with Crippen molar-refractivity contribution in [3.05, 3.63) is 75.6 Å². The second-order valence-electron chi connectivity index (χ2n) is 7.00. The van der Waals surface area contributed by atoms with Crippen molar-refractivity contribution in [1.29, 1.82) is 0 Å². The summed E-state index contributed by atoms with van der Waals surface area (Å²) in [6.45, 7) is 1.71. The van der Waals surface area contributed by atoms with Crippen LogP contribution in [0.3, 0.4) is 0 Å². The number of hydrogen-bond acceptors (Lipinski definition) is 6. The summed E-state index contributed by atoms with van der Waals surface area (Å²) in [5.41, 5.74) is 1.50. The van der Waals surface area contributed by atoms with Crippen molar-refractivity contribution in [2.75, 3.05) is 38.2 Å². The molecule has 3 aromatic rings.